The van der Waals surface area contributed by atoms with Crippen molar-refractivity contribution in [3.63, 3.8) is 0 Å². The molecule has 1 amide bonds. The maximum Gasteiger partial charge on any atom is 0.272 e. The van der Waals surface area contributed by atoms with Gasteiger partial charge in [0.1, 0.15) is 10.6 Å². The maximum absolute atomic E-state index is 12.8. The van der Waals surface area contributed by atoms with E-state index in [-0.39, 0.29) is 10.6 Å². The Kier molecular flexibility index (Phi) is 6.59. The molecule has 0 saturated carbocycles. The van der Waals surface area contributed by atoms with E-state index < -0.39 is 15.9 Å². The largest absolute Gasteiger partial charge is 0.378 e. The molecule has 2 aliphatic rings. The van der Waals surface area contributed by atoms with Gasteiger partial charge in [-0.3, -0.25) is 4.79 Å². The number of ether oxygens (including phenoxy) is 1. The van der Waals surface area contributed by atoms with Crippen molar-refractivity contribution in [3.8, 4) is 0 Å². The summed E-state index contributed by atoms with van der Waals surface area (Å²) in [4.78, 5) is 17.8. The number of hydrogen-bond donors (Lipinski definition) is 2. The lowest BCUT2D eigenvalue weighted by atomic mass is 10.2. The smallest absolute Gasteiger partial charge is 0.272 e. The molecule has 162 valence electrons. The summed E-state index contributed by atoms with van der Waals surface area (Å²) in [6, 6.07) is 6.70. The van der Waals surface area contributed by atoms with Crippen molar-refractivity contribution < 1.29 is 17.9 Å². The molecule has 1 aromatic carbocycles. The van der Waals surface area contributed by atoms with Crippen molar-refractivity contribution in [3.05, 3.63) is 41.2 Å². The van der Waals surface area contributed by atoms with Crippen LogP contribution >= 0.6 is 23.4 Å². The molecule has 2 N–H and O–H groups in total. The van der Waals surface area contributed by atoms with Gasteiger partial charge < -0.3 is 19.9 Å². The SMILES string of the molecule is O=C(Nc1cccc(Cl)c1N1CCOCC1)c1cc(S(=O)(=O)N2CCSCC2)c[nH]1. The Morgan fingerprint density at radius 1 is 1.17 bits per heavy atom. The van der Waals surface area contributed by atoms with Crippen molar-refractivity contribution in [1.82, 2.24) is 9.29 Å². The Morgan fingerprint density at radius 2 is 1.90 bits per heavy atom. The van der Waals surface area contributed by atoms with Crippen molar-refractivity contribution in [1.29, 1.82) is 0 Å². The molecule has 2 saturated heterocycles. The van der Waals surface area contributed by atoms with Crippen LogP contribution in [0.25, 0.3) is 0 Å². The molecule has 2 fully saturated rings. The number of carbonyl (C=O) groups excluding carboxylic acids is 1. The quantitative estimate of drug-likeness (QED) is 0.697. The topological polar surface area (TPSA) is 94.7 Å². The highest BCUT2D eigenvalue weighted by molar-refractivity contribution is 7.99. The van der Waals surface area contributed by atoms with Crippen molar-refractivity contribution in [2.24, 2.45) is 0 Å². The monoisotopic (exact) mass is 470 g/mol. The van der Waals surface area contributed by atoms with Gasteiger partial charge in [0.15, 0.2) is 0 Å². The highest BCUT2D eigenvalue weighted by atomic mass is 35.5. The van der Waals surface area contributed by atoms with E-state index in [1.54, 1.807) is 30.0 Å². The second-order valence-electron chi connectivity index (χ2n) is 6.96. The molecule has 0 spiro atoms. The fraction of sp³-hybridized carbons (Fsp3) is 0.421. The van der Waals surface area contributed by atoms with Crippen LogP contribution in [0.2, 0.25) is 5.02 Å². The summed E-state index contributed by atoms with van der Waals surface area (Å²) in [5, 5.41) is 3.40. The van der Waals surface area contributed by atoms with Crippen molar-refractivity contribution in [2.75, 3.05) is 61.1 Å². The van der Waals surface area contributed by atoms with E-state index >= 15 is 0 Å². The fourth-order valence-electron chi connectivity index (χ4n) is 3.50. The first-order valence-electron chi connectivity index (χ1n) is 9.66. The lowest BCUT2D eigenvalue weighted by Crippen LogP contribution is -2.37. The van der Waals surface area contributed by atoms with Gasteiger partial charge in [-0.15, -0.1) is 0 Å². The van der Waals surface area contributed by atoms with E-state index in [0.717, 1.165) is 17.2 Å². The Bertz CT molecular complexity index is 1020. The molecule has 0 unspecified atom stereocenters. The van der Waals surface area contributed by atoms with Crippen molar-refractivity contribution >= 4 is 50.7 Å². The lowest BCUT2D eigenvalue weighted by Gasteiger charge is -2.31. The molecule has 1 aromatic heterocycles. The molecule has 0 aliphatic carbocycles. The molecule has 8 nitrogen and oxygen atoms in total. The number of aromatic amines is 1. The fourth-order valence-corrected chi connectivity index (χ4v) is 6.37. The molecule has 3 heterocycles. The van der Waals surface area contributed by atoms with Crippen LogP contribution < -0.4 is 10.2 Å². The molecule has 0 bridgehead atoms. The van der Waals surface area contributed by atoms with E-state index in [4.69, 9.17) is 16.3 Å². The second kappa shape index (κ2) is 9.19. The number of para-hydroxylation sites is 1. The highest BCUT2D eigenvalue weighted by Gasteiger charge is 2.28. The standard InChI is InChI=1S/C19H23ClN4O4S2/c20-15-2-1-3-16(18(15)23-4-8-28-9-5-23)22-19(25)17-12-14(13-21-17)30(26,27)24-6-10-29-11-7-24/h1-3,12-13,21H,4-11H2,(H,22,25). The first-order chi connectivity index (χ1) is 14.5. The maximum atomic E-state index is 12.8. The minimum Gasteiger partial charge on any atom is -0.378 e. The van der Waals surface area contributed by atoms with Gasteiger partial charge in [-0.05, 0) is 18.2 Å². The molecule has 0 atom stereocenters. The van der Waals surface area contributed by atoms with Gasteiger partial charge in [0.05, 0.1) is 29.6 Å². The molecular formula is C19H23ClN4O4S2. The Morgan fingerprint density at radius 3 is 2.63 bits per heavy atom. The average molecular weight is 471 g/mol. The lowest BCUT2D eigenvalue weighted by molar-refractivity contribution is 0.102. The van der Waals surface area contributed by atoms with Gasteiger partial charge >= 0.3 is 0 Å². The molecule has 2 aliphatic heterocycles. The Hall–Kier alpha value is -1.72. The zero-order valence-corrected chi connectivity index (χ0v) is 18.7. The summed E-state index contributed by atoms with van der Waals surface area (Å²) in [6.45, 7) is 3.48. The Balaban J connectivity index is 1.54. The number of morpholine rings is 1. The molecule has 11 heteroatoms. The van der Waals surface area contributed by atoms with E-state index in [1.165, 1.54) is 16.6 Å². The number of thioether (sulfide) groups is 1. The van der Waals surface area contributed by atoms with Gasteiger partial charge in [0, 0.05) is 43.9 Å². The number of aromatic nitrogens is 1. The number of H-pyrrole nitrogens is 1. The zero-order valence-electron chi connectivity index (χ0n) is 16.3. The minimum atomic E-state index is -3.61. The number of carbonyl (C=O) groups is 1. The van der Waals surface area contributed by atoms with Gasteiger partial charge in [-0.1, -0.05) is 17.7 Å². The van der Waals surface area contributed by atoms with Gasteiger partial charge in [-0.25, -0.2) is 8.42 Å². The number of hydrogen-bond acceptors (Lipinski definition) is 6. The zero-order chi connectivity index (χ0) is 21.1. The van der Waals surface area contributed by atoms with E-state index in [9.17, 15) is 13.2 Å². The van der Waals surface area contributed by atoms with E-state index in [2.05, 4.69) is 15.2 Å². The van der Waals surface area contributed by atoms with E-state index in [1.807, 2.05) is 0 Å². The molecule has 0 radical (unpaired) electrons. The van der Waals surface area contributed by atoms with Crippen LogP contribution in [0.15, 0.2) is 35.4 Å². The van der Waals surface area contributed by atoms with Crippen LogP contribution in [0.5, 0.6) is 0 Å². The van der Waals surface area contributed by atoms with Crippen LogP contribution in [0.1, 0.15) is 10.5 Å². The van der Waals surface area contributed by atoms with Crippen LogP contribution in [0, 0.1) is 0 Å². The average Bonchev–Trinajstić information content (AvgIpc) is 3.27. The molecule has 4 rings (SSSR count). The van der Waals surface area contributed by atoms with Gasteiger partial charge in [-0.2, -0.15) is 16.1 Å². The third-order valence-corrected chi connectivity index (χ3v) is 8.20. The predicted molar refractivity (Wildman–Crippen MR) is 119 cm³/mol. The first-order valence-corrected chi connectivity index (χ1v) is 12.6. The third kappa shape index (κ3) is 4.47. The summed E-state index contributed by atoms with van der Waals surface area (Å²) >= 11 is 8.15. The normalized spacial score (nSPS) is 18.4. The summed E-state index contributed by atoms with van der Waals surface area (Å²) < 4.78 is 32.5. The minimum absolute atomic E-state index is 0.0963. The second-order valence-corrected chi connectivity index (χ2v) is 10.5. The number of amides is 1. The number of benzene rings is 1. The third-order valence-electron chi connectivity index (χ3n) is 5.07. The van der Waals surface area contributed by atoms with Gasteiger partial charge in [0.25, 0.3) is 5.91 Å². The summed E-state index contributed by atoms with van der Waals surface area (Å²) in [5.74, 6) is 1.12. The van der Waals surface area contributed by atoms with E-state index in [0.29, 0.717) is 50.1 Å². The highest BCUT2D eigenvalue weighted by Crippen LogP contribution is 2.34. The number of halogens is 1. The summed E-state index contributed by atoms with van der Waals surface area (Å²) in [6.07, 6.45) is 1.37. The summed E-state index contributed by atoms with van der Waals surface area (Å²) in [5.41, 5.74) is 1.48. The number of nitrogens with zero attached hydrogens (tertiary/aromatic N) is 2. The van der Waals surface area contributed by atoms with Crippen LogP contribution in [-0.4, -0.2) is 74.5 Å². The van der Waals surface area contributed by atoms with Crippen LogP contribution in [0.4, 0.5) is 11.4 Å². The molecule has 2 aromatic rings. The molecule has 30 heavy (non-hydrogen) atoms. The van der Waals surface area contributed by atoms with Crippen LogP contribution in [-0.2, 0) is 14.8 Å². The number of sulfonamides is 1. The predicted octanol–water partition coefficient (Wildman–Crippen LogP) is 2.49. The Labute approximate surface area is 185 Å². The van der Waals surface area contributed by atoms with Crippen LogP contribution in [0.3, 0.4) is 0 Å². The van der Waals surface area contributed by atoms with Gasteiger partial charge in [0.2, 0.25) is 10.0 Å². The number of anilines is 2. The summed E-state index contributed by atoms with van der Waals surface area (Å²) in [7, 11) is -3.61. The van der Waals surface area contributed by atoms with Crippen molar-refractivity contribution in [2.45, 2.75) is 4.90 Å². The number of rotatable bonds is 5. The number of nitrogens with one attached hydrogen (secondary N) is 2. The first kappa shape index (κ1) is 21.5. The molecular weight excluding hydrogens is 448 g/mol.